The summed E-state index contributed by atoms with van der Waals surface area (Å²) in [6.07, 6.45) is 0.224. The molecule has 0 aliphatic rings. The Balaban J connectivity index is 1.67. The van der Waals surface area contributed by atoms with Crippen LogP contribution in [0.5, 0.6) is 0 Å². The minimum atomic E-state index is -0.206. The van der Waals surface area contributed by atoms with Gasteiger partial charge in [0.1, 0.15) is 0 Å². The molecule has 6 heteroatoms. The van der Waals surface area contributed by atoms with Gasteiger partial charge in [-0.1, -0.05) is 48.0 Å². The fraction of sp³-hybridized carbons (Fsp3) is 0.292. The van der Waals surface area contributed by atoms with Crippen LogP contribution < -0.4 is 5.32 Å². The SMILES string of the molecule is Cc1ccc(-c2nc(C)sc2CC(=O)N(C)CC(=O)Nc2c(C)cccc2C)cc1. The van der Waals surface area contributed by atoms with Crippen LogP contribution in [0.25, 0.3) is 11.3 Å². The van der Waals surface area contributed by atoms with Crippen molar-refractivity contribution in [3.05, 3.63) is 69.0 Å². The van der Waals surface area contributed by atoms with E-state index in [0.29, 0.717) is 0 Å². The number of carbonyl (C=O) groups is 2. The van der Waals surface area contributed by atoms with Crippen molar-refractivity contribution in [2.24, 2.45) is 0 Å². The van der Waals surface area contributed by atoms with E-state index in [1.165, 1.54) is 21.8 Å². The summed E-state index contributed by atoms with van der Waals surface area (Å²) in [6.45, 7) is 7.90. The fourth-order valence-corrected chi connectivity index (χ4v) is 4.24. The molecule has 0 bridgehead atoms. The first kappa shape index (κ1) is 21.7. The van der Waals surface area contributed by atoms with Gasteiger partial charge in [0.05, 0.1) is 23.7 Å². The number of para-hydroxylation sites is 1. The average Bonchev–Trinajstić information content (AvgIpc) is 3.05. The first-order valence-electron chi connectivity index (χ1n) is 9.88. The van der Waals surface area contributed by atoms with Crippen molar-refractivity contribution >= 4 is 28.8 Å². The number of nitrogens with zero attached hydrogens (tertiary/aromatic N) is 2. The molecule has 1 aromatic heterocycles. The molecule has 0 saturated carbocycles. The van der Waals surface area contributed by atoms with Crippen LogP contribution in [0, 0.1) is 27.7 Å². The molecule has 156 valence electrons. The van der Waals surface area contributed by atoms with Gasteiger partial charge in [-0.2, -0.15) is 0 Å². The second-order valence-electron chi connectivity index (χ2n) is 7.61. The lowest BCUT2D eigenvalue weighted by molar-refractivity contribution is -0.132. The van der Waals surface area contributed by atoms with Crippen LogP contribution in [0.2, 0.25) is 0 Å². The van der Waals surface area contributed by atoms with Crippen molar-refractivity contribution in [2.75, 3.05) is 18.9 Å². The Kier molecular flexibility index (Phi) is 6.67. The summed E-state index contributed by atoms with van der Waals surface area (Å²) in [7, 11) is 1.66. The number of thiazole rings is 1. The lowest BCUT2D eigenvalue weighted by Gasteiger charge is -2.18. The highest BCUT2D eigenvalue weighted by Gasteiger charge is 2.19. The topological polar surface area (TPSA) is 62.3 Å². The smallest absolute Gasteiger partial charge is 0.243 e. The first-order valence-corrected chi connectivity index (χ1v) is 10.7. The van der Waals surface area contributed by atoms with Crippen molar-refractivity contribution in [1.82, 2.24) is 9.88 Å². The van der Waals surface area contributed by atoms with Crippen LogP contribution in [0.15, 0.2) is 42.5 Å². The van der Waals surface area contributed by atoms with Gasteiger partial charge in [0, 0.05) is 23.2 Å². The third-order valence-corrected chi connectivity index (χ3v) is 5.96. The monoisotopic (exact) mass is 421 g/mol. The summed E-state index contributed by atoms with van der Waals surface area (Å²) in [5.74, 6) is -0.314. The normalized spacial score (nSPS) is 10.7. The summed E-state index contributed by atoms with van der Waals surface area (Å²) in [6, 6.07) is 14.0. The van der Waals surface area contributed by atoms with Crippen LogP contribution in [-0.4, -0.2) is 35.3 Å². The highest BCUT2D eigenvalue weighted by Crippen LogP contribution is 2.29. The molecule has 0 aliphatic carbocycles. The maximum atomic E-state index is 12.8. The van der Waals surface area contributed by atoms with Gasteiger partial charge in [-0.05, 0) is 38.8 Å². The third kappa shape index (κ3) is 5.13. The van der Waals surface area contributed by atoms with Gasteiger partial charge in [-0.15, -0.1) is 11.3 Å². The lowest BCUT2D eigenvalue weighted by atomic mass is 10.1. The predicted molar refractivity (Wildman–Crippen MR) is 123 cm³/mol. The molecule has 30 heavy (non-hydrogen) atoms. The summed E-state index contributed by atoms with van der Waals surface area (Å²) < 4.78 is 0. The van der Waals surface area contributed by atoms with Crippen molar-refractivity contribution in [3.8, 4) is 11.3 Å². The number of hydrogen-bond donors (Lipinski definition) is 1. The maximum absolute atomic E-state index is 12.8. The highest BCUT2D eigenvalue weighted by atomic mass is 32.1. The number of likely N-dealkylation sites (N-methyl/N-ethyl adjacent to an activating group) is 1. The molecular weight excluding hydrogens is 394 g/mol. The van der Waals surface area contributed by atoms with Gasteiger partial charge in [-0.3, -0.25) is 9.59 Å². The number of hydrogen-bond acceptors (Lipinski definition) is 4. The molecule has 3 rings (SSSR count). The number of aromatic nitrogens is 1. The molecule has 1 heterocycles. The molecule has 2 amide bonds. The second kappa shape index (κ2) is 9.22. The summed E-state index contributed by atoms with van der Waals surface area (Å²) in [5.41, 5.74) is 5.84. The minimum Gasteiger partial charge on any atom is -0.336 e. The maximum Gasteiger partial charge on any atom is 0.243 e. The fourth-order valence-electron chi connectivity index (χ4n) is 3.29. The molecule has 0 aliphatic heterocycles. The molecule has 0 atom stereocenters. The predicted octanol–water partition coefficient (Wildman–Crippen LogP) is 4.68. The number of rotatable bonds is 6. The van der Waals surface area contributed by atoms with Crippen LogP contribution >= 0.6 is 11.3 Å². The van der Waals surface area contributed by atoms with Gasteiger partial charge in [-0.25, -0.2) is 4.98 Å². The molecule has 0 unspecified atom stereocenters. The van der Waals surface area contributed by atoms with E-state index < -0.39 is 0 Å². The molecule has 0 fully saturated rings. The molecular formula is C24H27N3O2S. The van der Waals surface area contributed by atoms with Gasteiger partial charge >= 0.3 is 0 Å². The Bertz CT molecular complexity index is 1050. The van der Waals surface area contributed by atoms with Crippen LogP contribution in [0.1, 0.15) is 26.6 Å². The molecule has 0 spiro atoms. The molecule has 2 aromatic carbocycles. The van der Waals surface area contributed by atoms with E-state index in [-0.39, 0.29) is 24.8 Å². The van der Waals surface area contributed by atoms with Crippen LogP contribution in [0.4, 0.5) is 5.69 Å². The molecule has 0 radical (unpaired) electrons. The Morgan fingerprint density at radius 1 is 1.00 bits per heavy atom. The number of anilines is 1. The van der Waals surface area contributed by atoms with E-state index in [2.05, 4.69) is 10.3 Å². The van der Waals surface area contributed by atoms with Gasteiger partial charge in [0.25, 0.3) is 0 Å². The number of amides is 2. The Morgan fingerprint density at radius 3 is 2.27 bits per heavy atom. The van der Waals surface area contributed by atoms with Crippen molar-refractivity contribution in [1.29, 1.82) is 0 Å². The average molecular weight is 422 g/mol. The second-order valence-corrected chi connectivity index (χ2v) is 8.90. The first-order chi connectivity index (χ1) is 14.2. The largest absolute Gasteiger partial charge is 0.336 e. The summed E-state index contributed by atoms with van der Waals surface area (Å²) in [4.78, 5) is 32.3. The quantitative estimate of drug-likeness (QED) is 0.628. The van der Waals surface area contributed by atoms with Crippen LogP contribution in [0.3, 0.4) is 0 Å². The zero-order valence-corrected chi connectivity index (χ0v) is 18.9. The lowest BCUT2D eigenvalue weighted by Crippen LogP contribution is -2.36. The Morgan fingerprint density at radius 2 is 1.63 bits per heavy atom. The van der Waals surface area contributed by atoms with E-state index in [1.807, 2.05) is 70.2 Å². The highest BCUT2D eigenvalue weighted by molar-refractivity contribution is 7.12. The molecule has 3 aromatic rings. The van der Waals surface area contributed by atoms with Crippen molar-refractivity contribution in [3.63, 3.8) is 0 Å². The van der Waals surface area contributed by atoms with Gasteiger partial charge in [0.2, 0.25) is 11.8 Å². The number of benzene rings is 2. The van der Waals surface area contributed by atoms with Crippen molar-refractivity contribution < 1.29 is 9.59 Å². The summed E-state index contributed by atoms with van der Waals surface area (Å²) >= 11 is 1.53. The zero-order chi connectivity index (χ0) is 21.8. The zero-order valence-electron chi connectivity index (χ0n) is 18.1. The number of nitrogens with one attached hydrogen (secondary N) is 1. The Labute approximate surface area is 181 Å². The third-order valence-electron chi connectivity index (χ3n) is 4.99. The van der Waals surface area contributed by atoms with Gasteiger partial charge < -0.3 is 10.2 Å². The van der Waals surface area contributed by atoms with E-state index >= 15 is 0 Å². The number of aryl methyl sites for hydroxylation is 4. The molecule has 5 nitrogen and oxygen atoms in total. The van der Waals surface area contributed by atoms with E-state index in [0.717, 1.165) is 38.0 Å². The molecule has 0 saturated heterocycles. The number of carbonyl (C=O) groups excluding carboxylic acids is 2. The van der Waals surface area contributed by atoms with E-state index in [9.17, 15) is 9.59 Å². The van der Waals surface area contributed by atoms with Gasteiger partial charge in [0.15, 0.2) is 0 Å². The minimum absolute atomic E-state index is 0.00422. The standard InChI is InChI=1S/C24H27N3O2S/c1-15-9-11-19(12-10-15)24-20(30-18(4)25-24)13-22(29)27(5)14-21(28)26-23-16(2)7-6-8-17(23)3/h6-12H,13-14H2,1-5H3,(H,26,28). The van der Waals surface area contributed by atoms with E-state index in [1.54, 1.807) is 7.05 Å². The van der Waals surface area contributed by atoms with Crippen LogP contribution in [-0.2, 0) is 16.0 Å². The van der Waals surface area contributed by atoms with Crippen molar-refractivity contribution in [2.45, 2.75) is 34.1 Å². The Hall–Kier alpha value is -2.99. The van der Waals surface area contributed by atoms with E-state index in [4.69, 9.17) is 0 Å². The molecule has 1 N–H and O–H groups in total. The summed E-state index contributed by atoms with van der Waals surface area (Å²) in [5, 5.41) is 3.85.